The van der Waals surface area contributed by atoms with Crippen LogP contribution in [0.15, 0.2) is 27.8 Å². The molecule has 0 saturated heterocycles. The van der Waals surface area contributed by atoms with Crippen LogP contribution in [0.1, 0.15) is 18.9 Å². The van der Waals surface area contributed by atoms with Gasteiger partial charge in [0.15, 0.2) is 10.8 Å². The number of hydrogen-bond donors (Lipinski definition) is 1. The molecule has 0 aromatic carbocycles. The first kappa shape index (κ1) is 11.8. The highest BCUT2D eigenvalue weighted by atomic mass is 32.1. The molecule has 2 rings (SSSR count). The van der Waals surface area contributed by atoms with Gasteiger partial charge in [-0.15, -0.1) is 11.3 Å². The second kappa shape index (κ2) is 4.67. The molecular formula is C11H13N3O2S. The Labute approximate surface area is 103 Å². The van der Waals surface area contributed by atoms with Gasteiger partial charge in [0, 0.05) is 17.3 Å². The molecule has 1 atom stereocenters. The smallest absolute Gasteiger partial charge is 0.337 e. The molecule has 2 heterocycles. The lowest BCUT2D eigenvalue weighted by atomic mass is 10.1. The van der Waals surface area contributed by atoms with Crippen molar-refractivity contribution in [2.24, 2.45) is 4.99 Å². The molecule has 0 aliphatic carbocycles. The van der Waals surface area contributed by atoms with E-state index >= 15 is 0 Å². The van der Waals surface area contributed by atoms with Crippen LogP contribution >= 0.6 is 11.3 Å². The predicted molar refractivity (Wildman–Crippen MR) is 66.0 cm³/mol. The number of esters is 1. The SMILES string of the molecule is COC(=O)C1=C(C)NC(c2nccs2)=N[C@H]1C. The number of rotatable bonds is 2. The van der Waals surface area contributed by atoms with Crippen molar-refractivity contribution in [3.8, 4) is 0 Å². The van der Waals surface area contributed by atoms with Crippen molar-refractivity contribution in [1.29, 1.82) is 0 Å². The largest absolute Gasteiger partial charge is 0.466 e. The third kappa shape index (κ3) is 2.21. The van der Waals surface area contributed by atoms with Crippen molar-refractivity contribution < 1.29 is 9.53 Å². The normalized spacial score (nSPS) is 19.7. The summed E-state index contributed by atoms with van der Waals surface area (Å²) in [7, 11) is 1.37. The fraction of sp³-hybridized carbons (Fsp3) is 0.364. The summed E-state index contributed by atoms with van der Waals surface area (Å²) >= 11 is 1.51. The van der Waals surface area contributed by atoms with Gasteiger partial charge in [-0.25, -0.2) is 9.78 Å². The number of carbonyl (C=O) groups excluding carboxylic acids is 1. The van der Waals surface area contributed by atoms with Crippen LogP contribution < -0.4 is 5.32 Å². The predicted octanol–water partition coefficient (Wildman–Crippen LogP) is 1.33. The number of nitrogens with zero attached hydrogens (tertiary/aromatic N) is 2. The van der Waals surface area contributed by atoms with Crippen LogP contribution in [0.25, 0.3) is 0 Å². The summed E-state index contributed by atoms with van der Waals surface area (Å²) < 4.78 is 4.74. The molecule has 1 aliphatic rings. The van der Waals surface area contributed by atoms with E-state index in [9.17, 15) is 4.79 Å². The summed E-state index contributed by atoms with van der Waals surface area (Å²) in [5.74, 6) is 0.363. The van der Waals surface area contributed by atoms with E-state index < -0.39 is 0 Å². The molecular weight excluding hydrogens is 238 g/mol. The molecule has 90 valence electrons. The fourth-order valence-electron chi connectivity index (χ4n) is 1.73. The number of amidine groups is 1. The van der Waals surface area contributed by atoms with Gasteiger partial charge in [-0.3, -0.25) is 4.99 Å². The average molecular weight is 251 g/mol. The first-order chi connectivity index (χ1) is 8.13. The molecule has 0 bridgehead atoms. The summed E-state index contributed by atoms with van der Waals surface area (Å²) in [6.07, 6.45) is 1.73. The Morgan fingerprint density at radius 2 is 2.35 bits per heavy atom. The third-order valence-electron chi connectivity index (χ3n) is 2.49. The van der Waals surface area contributed by atoms with E-state index in [2.05, 4.69) is 15.3 Å². The van der Waals surface area contributed by atoms with Crippen LogP contribution in [0.2, 0.25) is 0 Å². The minimum absolute atomic E-state index is 0.220. The van der Waals surface area contributed by atoms with E-state index in [4.69, 9.17) is 4.74 Å². The van der Waals surface area contributed by atoms with Gasteiger partial charge >= 0.3 is 5.97 Å². The molecule has 6 heteroatoms. The monoisotopic (exact) mass is 251 g/mol. The molecule has 0 radical (unpaired) electrons. The maximum absolute atomic E-state index is 11.6. The zero-order valence-electron chi connectivity index (χ0n) is 9.85. The van der Waals surface area contributed by atoms with Crippen LogP contribution in [0, 0.1) is 0 Å². The van der Waals surface area contributed by atoms with E-state index in [1.807, 2.05) is 19.2 Å². The lowest BCUT2D eigenvalue weighted by molar-refractivity contribution is -0.136. The third-order valence-corrected chi connectivity index (χ3v) is 3.27. The van der Waals surface area contributed by atoms with E-state index in [0.717, 1.165) is 10.7 Å². The second-order valence-corrected chi connectivity index (χ2v) is 4.54. The van der Waals surface area contributed by atoms with Gasteiger partial charge in [0.25, 0.3) is 0 Å². The van der Waals surface area contributed by atoms with Gasteiger partial charge < -0.3 is 10.1 Å². The van der Waals surface area contributed by atoms with Crippen molar-refractivity contribution in [1.82, 2.24) is 10.3 Å². The Morgan fingerprint density at radius 1 is 1.59 bits per heavy atom. The Kier molecular flexibility index (Phi) is 3.23. The molecule has 17 heavy (non-hydrogen) atoms. The number of hydrogen-bond acceptors (Lipinski definition) is 6. The Morgan fingerprint density at radius 3 is 2.88 bits per heavy atom. The number of thiazole rings is 1. The van der Waals surface area contributed by atoms with Crippen molar-refractivity contribution >= 4 is 23.1 Å². The summed E-state index contributed by atoms with van der Waals surface area (Å²) in [6.45, 7) is 3.70. The van der Waals surface area contributed by atoms with E-state index in [1.165, 1.54) is 18.4 Å². The topological polar surface area (TPSA) is 63.6 Å². The number of allylic oxidation sites excluding steroid dienone is 1. The molecule has 1 aromatic rings. The van der Waals surface area contributed by atoms with Crippen LogP contribution in [0.5, 0.6) is 0 Å². The summed E-state index contributed by atoms with van der Waals surface area (Å²) in [5.41, 5.74) is 1.33. The number of carbonyl (C=O) groups is 1. The first-order valence-electron chi connectivity index (χ1n) is 5.17. The summed E-state index contributed by atoms with van der Waals surface area (Å²) in [5, 5.41) is 5.80. The number of nitrogens with one attached hydrogen (secondary N) is 1. The highest BCUT2D eigenvalue weighted by Crippen LogP contribution is 2.19. The van der Waals surface area contributed by atoms with Crippen molar-refractivity contribution in [2.75, 3.05) is 7.11 Å². The number of methoxy groups -OCH3 is 1. The zero-order chi connectivity index (χ0) is 12.4. The van der Waals surface area contributed by atoms with Gasteiger partial charge in [0.05, 0.1) is 18.7 Å². The van der Waals surface area contributed by atoms with E-state index in [1.54, 1.807) is 6.20 Å². The van der Waals surface area contributed by atoms with E-state index in [-0.39, 0.29) is 12.0 Å². The average Bonchev–Trinajstić information content (AvgIpc) is 2.81. The molecule has 1 N–H and O–H groups in total. The van der Waals surface area contributed by atoms with Crippen LogP contribution in [0.4, 0.5) is 0 Å². The van der Waals surface area contributed by atoms with Crippen LogP contribution in [-0.4, -0.2) is 29.9 Å². The van der Waals surface area contributed by atoms with Gasteiger partial charge in [-0.2, -0.15) is 0 Å². The molecule has 0 amide bonds. The Bertz CT molecular complexity index is 491. The zero-order valence-corrected chi connectivity index (χ0v) is 10.7. The van der Waals surface area contributed by atoms with E-state index in [0.29, 0.717) is 11.4 Å². The standard InChI is InChI=1S/C11H13N3O2S/c1-6-8(11(15)16-3)7(2)14-9(13-6)10-12-4-5-17-10/h4-6H,1-3H3,(H,13,14)/t6-/m0/s1. The van der Waals surface area contributed by atoms with Crippen molar-refractivity contribution in [3.63, 3.8) is 0 Å². The maximum atomic E-state index is 11.6. The summed E-state index contributed by atoms with van der Waals surface area (Å²) in [6, 6.07) is -0.220. The van der Waals surface area contributed by atoms with Crippen LogP contribution in [0.3, 0.4) is 0 Å². The molecule has 1 aliphatic heterocycles. The lowest BCUT2D eigenvalue weighted by Crippen LogP contribution is -2.34. The number of ether oxygens (including phenoxy) is 1. The minimum Gasteiger partial charge on any atom is -0.466 e. The second-order valence-electron chi connectivity index (χ2n) is 3.65. The Balaban J connectivity index is 2.29. The number of aromatic nitrogens is 1. The molecule has 0 spiro atoms. The minimum atomic E-state index is -0.343. The molecule has 5 nitrogen and oxygen atoms in total. The Hall–Kier alpha value is -1.69. The lowest BCUT2D eigenvalue weighted by Gasteiger charge is -2.22. The maximum Gasteiger partial charge on any atom is 0.337 e. The van der Waals surface area contributed by atoms with Crippen LogP contribution in [-0.2, 0) is 9.53 Å². The summed E-state index contributed by atoms with van der Waals surface area (Å²) in [4.78, 5) is 20.2. The first-order valence-corrected chi connectivity index (χ1v) is 6.05. The van der Waals surface area contributed by atoms with Crippen molar-refractivity contribution in [3.05, 3.63) is 27.9 Å². The highest BCUT2D eigenvalue weighted by molar-refractivity contribution is 7.11. The van der Waals surface area contributed by atoms with Gasteiger partial charge in [-0.1, -0.05) is 0 Å². The van der Waals surface area contributed by atoms with Crippen molar-refractivity contribution in [2.45, 2.75) is 19.9 Å². The van der Waals surface area contributed by atoms with Gasteiger partial charge in [0.2, 0.25) is 0 Å². The van der Waals surface area contributed by atoms with Gasteiger partial charge in [-0.05, 0) is 13.8 Å². The quantitative estimate of drug-likeness (QED) is 0.805. The molecule has 0 fully saturated rings. The van der Waals surface area contributed by atoms with Gasteiger partial charge in [0.1, 0.15) is 0 Å². The fourth-order valence-corrected chi connectivity index (χ4v) is 2.32. The molecule has 0 saturated carbocycles. The highest BCUT2D eigenvalue weighted by Gasteiger charge is 2.26. The molecule has 0 unspecified atom stereocenters. The molecule has 1 aromatic heterocycles. The number of aliphatic imine (C=N–C) groups is 1.